The van der Waals surface area contributed by atoms with Crippen LogP contribution in [-0.4, -0.2) is 20.5 Å². The lowest BCUT2D eigenvalue weighted by Gasteiger charge is -2.10. The Balaban J connectivity index is 2.44. The van der Waals surface area contributed by atoms with E-state index in [1.807, 2.05) is 0 Å². The minimum absolute atomic E-state index is 0.134. The number of sulfonamides is 1. The number of rotatable bonds is 4. The zero-order valence-electron chi connectivity index (χ0n) is 10.4. The molecule has 0 saturated carbocycles. The van der Waals surface area contributed by atoms with E-state index in [1.54, 1.807) is 6.07 Å². The Kier molecular flexibility index (Phi) is 4.01. The molecule has 0 aliphatic heterocycles. The molecule has 0 fully saturated rings. The second-order valence-corrected chi connectivity index (χ2v) is 5.88. The summed E-state index contributed by atoms with van der Waals surface area (Å²) in [5, 5.41) is 0.196. The van der Waals surface area contributed by atoms with Crippen molar-refractivity contribution >= 4 is 27.3 Å². The van der Waals surface area contributed by atoms with E-state index in [9.17, 15) is 13.2 Å². The Morgan fingerprint density at radius 1 is 1.30 bits per heavy atom. The number of hydrogen-bond acceptors (Lipinski definition) is 4. The first kappa shape index (κ1) is 14.4. The van der Waals surface area contributed by atoms with Gasteiger partial charge in [-0.2, -0.15) is 0 Å². The van der Waals surface area contributed by atoms with E-state index in [2.05, 4.69) is 9.71 Å². The molecule has 8 heteroatoms. The third-order valence-electron chi connectivity index (χ3n) is 2.50. The Labute approximate surface area is 120 Å². The van der Waals surface area contributed by atoms with Gasteiger partial charge in [-0.1, -0.05) is 11.6 Å². The van der Waals surface area contributed by atoms with Gasteiger partial charge in [0.05, 0.1) is 17.8 Å². The summed E-state index contributed by atoms with van der Waals surface area (Å²) < 4.78 is 31.5. The van der Waals surface area contributed by atoms with Crippen LogP contribution in [0.1, 0.15) is 0 Å². The average Bonchev–Trinajstić information content (AvgIpc) is 2.41. The third kappa shape index (κ3) is 2.94. The lowest BCUT2D eigenvalue weighted by atomic mass is 10.3. The molecular formula is C12H11ClN2O4S. The molecule has 2 rings (SSSR count). The molecule has 20 heavy (non-hydrogen) atoms. The third-order valence-corrected chi connectivity index (χ3v) is 4.21. The lowest BCUT2D eigenvalue weighted by molar-refractivity contribution is 0.415. The number of hydrogen-bond donors (Lipinski definition) is 2. The van der Waals surface area contributed by atoms with Crippen molar-refractivity contribution in [1.29, 1.82) is 0 Å². The maximum Gasteiger partial charge on any atom is 0.267 e. The quantitative estimate of drug-likeness (QED) is 0.901. The summed E-state index contributed by atoms with van der Waals surface area (Å²) >= 11 is 5.92. The summed E-state index contributed by atoms with van der Waals surface area (Å²) in [6.45, 7) is 0. The van der Waals surface area contributed by atoms with Crippen LogP contribution < -0.4 is 14.9 Å². The average molecular weight is 315 g/mol. The maximum atomic E-state index is 12.1. The number of benzene rings is 1. The molecule has 1 heterocycles. The number of anilines is 1. The van der Waals surface area contributed by atoms with Crippen LogP contribution in [-0.2, 0) is 10.0 Å². The molecule has 0 bridgehead atoms. The Morgan fingerprint density at radius 3 is 2.70 bits per heavy atom. The highest BCUT2D eigenvalue weighted by atomic mass is 35.5. The normalized spacial score (nSPS) is 11.1. The largest absolute Gasteiger partial charge is 0.497 e. The van der Waals surface area contributed by atoms with Gasteiger partial charge in [-0.25, -0.2) is 8.42 Å². The van der Waals surface area contributed by atoms with Crippen molar-refractivity contribution in [3.63, 3.8) is 0 Å². The monoisotopic (exact) mass is 314 g/mol. The van der Waals surface area contributed by atoms with E-state index < -0.39 is 15.5 Å². The first-order valence-electron chi connectivity index (χ1n) is 5.47. The van der Waals surface area contributed by atoms with Gasteiger partial charge in [-0.05, 0) is 12.1 Å². The Morgan fingerprint density at radius 2 is 2.05 bits per heavy atom. The van der Waals surface area contributed by atoms with E-state index in [4.69, 9.17) is 16.3 Å². The predicted molar refractivity (Wildman–Crippen MR) is 75.9 cm³/mol. The molecule has 0 saturated heterocycles. The highest BCUT2D eigenvalue weighted by molar-refractivity contribution is 7.92. The molecule has 0 spiro atoms. The van der Waals surface area contributed by atoms with Crippen LogP contribution in [0, 0.1) is 0 Å². The predicted octanol–water partition coefficient (Wildman–Crippen LogP) is 1.84. The number of ether oxygens (including phenoxy) is 1. The number of methoxy groups -OCH3 is 1. The van der Waals surface area contributed by atoms with E-state index in [1.165, 1.54) is 25.4 Å². The molecule has 0 aliphatic carbocycles. The van der Waals surface area contributed by atoms with E-state index >= 15 is 0 Å². The fourth-order valence-electron chi connectivity index (χ4n) is 1.52. The number of aromatic amines is 1. The van der Waals surface area contributed by atoms with Crippen molar-refractivity contribution in [2.45, 2.75) is 4.90 Å². The first-order chi connectivity index (χ1) is 9.44. The SMILES string of the molecule is COc1ccc(Cl)c(NS(=O)(=O)c2c[nH]ccc2=O)c1. The fourth-order valence-corrected chi connectivity index (χ4v) is 2.87. The van der Waals surface area contributed by atoms with Gasteiger partial charge in [0.15, 0.2) is 4.90 Å². The van der Waals surface area contributed by atoms with Crippen molar-refractivity contribution in [2.75, 3.05) is 11.8 Å². The minimum Gasteiger partial charge on any atom is -0.497 e. The summed E-state index contributed by atoms with van der Waals surface area (Å²) in [6, 6.07) is 5.64. The Hall–Kier alpha value is -1.99. The summed E-state index contributed by atoms with van der Waals surface area (Å²) in [7, 11) is -2.58. The number of H-pyrrole nitrogens is 1. The Bertz CT molecular complexity index is 786. The van der Waals surface area contributed by atoms with Crippen LogP contribution in [0.25, 0.3) is 0 Å². The summed E-state index contributed by atoms with van der Waals surface area (Å²) in [6.07, 6.45) is 2.46. The van der Waals surface area contributed by atoms with E-state index in [-0.39, 0.29) is 15.6 Å². The van der Waals surface area contributed by atoms with Crippen LogP contribution in [0.2, 0.25) is 5.02 Å². The van der Waals surface area contributed by atoms with Crippen molar-refractivity contribution < 1.29 is 13.2 Å². The van der Waals surface area contributed by atoms with E-state index in [0.29, 0.717) is 5.75 Å². The molecule has 0 amide bonds. The second kappa shape index (κ2) is 5.56. The van der Waals surface area contributed by atoms with Crippen molar-refractivity contribution in [2.24, 2.45) is 0 Å². The van der Waals surface area contributed by atoms with Gasteiger partial charge in [0.1, 0.15) is 5.75 Å². The van der Waals surface area contributed by atoms with Crippen LogP contribution in [0.5, 0.6) is 5.75 Å². The fraction of sp³-hybridized carbons (Fsp3) is 0.0833. The molecule has 0 atom stereocenters. The van der Waals surface area contributed by atoms with Gasteiger partial charge < -0.3 is 9.72 Å². The first-order valence-corrected chi connectivity index (χ1v) is 7.33. The van der Waals surface area contributed by atoms with Crippen molar-refractivity contribution in [1.82, 2.24) is 4.98 Å². The molecular weight excluding hydrogens is 304 g/mol. The smallest absolute Gasteiger partial charge is 0.267 e. The molecule has 1 aromatic heterocycles. The highest BCUT2D eigenvalue weighted by Crippen LogP contribution is 2.28. The number of halogens is 1. The number of aromatic nitrogens is 1. The molecule has 2 N–H and O–H groups in total. The molecule has 1 aromatic carbocycles. The summed E-state index contributed by atoms with van der Waals surface area (Å²) in [4.78, 5) is 13.7. The summed E-state index contributed by atoms with van der Waals surface area (Å²) in [5.41, 5.74) is -0.482. The molecule has 0 radical (unpaired) electrons. The molecule has 0 unspecified atom stereocenters. The number of nitrogens with one attached hydrogen (secondary N) is 2. The lowest BCUT2D eigenvalue weighted by Crippen LogP contribution is -2.21. The van der Waals surface area contributed by atoms with Crippen LogP contribution in [0.15, 0.2) is 46.3 Å². The molecule has 6 nitrogen and oxygen atoms in total. The second-order valence-electron chi connectivity index (χ2n) is 3.82. The van der Waals surface area contributed by atoms with Crippen LogP contribution in [0.4, 0.5) is 5.69 Å². The van der Waals surface area contributed by atoms with Gasteiger partial charge in [-0.3, -0.25) is 9.52 Å². The van der Waals surface area contributed by atoms with Gasteiger partial charge in [0.2, 0.25) is 5.43 Å². The van der Waals surface area contributed by atoms with Gasteiger partial charge >= 0.3 is 0 Å². The van der Waals surface area contributed by atoms with Gasteiger partial charge in [0.25, 0.3) is 10.0 Å². The maximum absolute atomic E-state index is 12.1. The van der Waals surface area contributed by atoms with Crippen molar-refractivity contribution in [3.8, 4) is 5.75 Å². The summed E-state index contributed by atoms with van der Waals surface area (Å²) in [5.74, 6) is 0.439. The van der Waals surface area contributed by atoms with E-state index in [0.717, 1.165) is 12.3 Å². The van der Waals surface area contributed by atoms with Gasteiger partial charge in [0, 0.05) is 24.5 Å². The molecule has 2 aromatic rings. The number of pyridine rings is 1. The molecule has 0 aliphatic rings. The van der Waals surface area contributed by atoms with Crippen LogP contribution in [0.3, 0.4) is 0 Å². The van der Waals surface area contributed by atoms with Crippen molar-refractivity contribution in [3.05, 3.63) is 51.9 Å². The molecule has 106 valence electrons. The minimum atomic E-state index is -4.03. The standard InChI is InChI=1S/C12H11ClN2O4S/c1-19-8-2-3-9(13)10(6-8)15-20(17,18)12-7-14-5-4-11(12)16/h2-7,15H,1H3,(H,14,16). The van der Waals surface area contributed by atoms with Gasteiger partial charge in [-0.15, -0.1) is 0 Å². The van der Waals surface area contributed by atoms with Crippen LogP contribution >= 0.6 is 11.6 Å². The zero-order chi connectivity index (χ0) is 14.8. The topological polar surface area (TPSA) is 88.3 Å². The zero-order valence-corrected chi connectivity index (χ0v) is 12.0. The highest BCUT2D eigenvalue weighted by Gasteiger charge is 2.19.